The summed E-state index contributed by atoms with van der Waals surface area (Å²) in [5.41, 5.74) is 1.13. The predicted molar refractivity (Wildman–Crippen MR) is 105 cm³/mol. The summed E-state index contributed by atoms with van der Waals surface area (Å²) in [5, 5.41) is 6.51. The van der Waals surface area contributed by atoms with Crippen LogP contribution in [0.25, 0.3) is 0 Å². The van der Waals surface area contributed by atoms with Gasteiger partial charge in [-0.3, -0.25) is 4.99 Å². The average Bonchev–Trinajstić information content (AvgIpc) is 2.55. The molecule has 0 radical (unpaired) electrons. The highest BCUT2D eigenvalue weighted by atomic mass is 127. The number of nitrogens with one attached hydrogen (secondary N) is 2. The first-order valence-corrected chi connectivity index (χ1v) is 7.47. The van der Waals surface area contributed by atoms with Crippen LogP contribution in [0, 0.1) is 0 Å². The monoisotopic (exact) mass is 437 g/mol. The third kappa shape index (κ3) is 8.26. The van der Waals surface area contributed by atoms with Crippen molar-refractivity contribution in [3.05, 3.63) is 23.8 Å². The van der Waals surface area contributed by atoms with Crippen molar-refractivity contribution >= 4 is 29.9 Å². The van der Waals surface area contributed by atoms with Crippen LogP contribution in [0.3, 0.4) is 0 Å². The van der Waals surface area contributed by atoms with Gasteiger partial charge in [-0.05, 0) is 25.0 Å². The second-order valence-electron chi connectivity index (χ2n) is 4.61. The lowest BCUT2D eigenvalue weighted by atomic mass is 10.1. The Morgan fingerprint density at radius 3 is 2.52 bits per heavy atom. The maximum atomic E-state index is 5.40. The van der Waals surface area contributed by atoms with Crippen LogP contribution in [0.2, 0.25) is 0 Å². The Morgan fingerprint density at radius 1 is 1.13 bits per heavy atom. The molecule has 0 heterocycles. The topological polar surface area (TPSA) is 64.1 Å². The Morgan fingerprint density at radius 2 is 1.91 bits per heavy atom. The Bertz CT molecular complexity index is 470. The third-order valence-electron chi connectivity index (χ3n) is 3.09. The summed E-state index contributed by atoms with van der Waals surface area (Å²) in [5.74, 6) is 2.43. The van der Waals surface area contributed by atoms with E-state index in [1.807, 2.05) is 25.1 Å². The van der Waals surface area contributed by atoms with E-state index in [-0.39, 0.29) is 24.0 Å². The maximum absolute atomic E-state index is 5.40. The molecule has 1 aromatic rings. The van der Waals surface area contributed by atoms with Crippen LogP contribution in [0.1, 0.15) is 12.5 Å². The second kappa shape index (κ2) is 13.2. The number of guanidine groups is 1. The molecule has 6 nitrogen and oxygen atoms in total. The van der Waals surface area contributed by atoms with Crippen molar-refractivity contribution in [2.75, 3.05) is 47.6 Å². The quantitative estimate of drug-likeness (QED) is 0.268. The van der Waals surface area contributed by atoms with Crippen LogP contribution in [-0.4, -0.2) is 53.5 Å². The van der Waals surface area contributed by atoms with Gasteiger partial charge in [-0.15, -0.1) is 24.0 Å². The normalized spacial score (nSPS) is 10.7. The van der Waals surface area contributed by atoms with Gasteiger partial charge in [0.2, 0.25) is 0 Å². The number of methoxy groups -OCH3 is 3. The molecule has 0 saturated heterocycles. The lowest BCUT2D eigenvalue weighted by molar-refractivity contribution is 0.208. The van der Waals surface area contributed by atoms with Crippen molar-refractivity contribution in [3.8, 4) is 11.5 Å². The first kappa shape index (κ1) is 21.8. The lowest BCUT2D eigenvalue weighted by Crippen LogP contribution is -2.38. The Hall–Kier alpha value is -1.22. The van der Waals surface area contributed by atoms with Gasteiger partial charge in [-0.25, -0.2) is 0 Å². The van der Waals surface area contributed by atoms with E-state index in [9.17, 15) is 0 Å². The first-order chi connectivity index (χ1) is 10.7. The number of nitrogens with zero attached hydrogens (tertiary/aromatic N) is 1. The number of ether oxygens (including phenoxy) is 3. The Labute approximate surface area is 156 Å². The van der Waals surface area contributed by atoms with Crippen molar-refractivity contribution in [3.63, 3.8) is 0 Å². The molecule has 23 heavy (non-hydrogen) atoms. The summed E-state index contributed by atoms with van der Waals surface area (Å²) in [6, 6.07) is 5.86. The second-order valence-corrected chi connectivity index (χ2v) is 4.61. The first-order valence-electron chi connectivity index (χ1n) is 7.47. The van der Waals surface area contributed by atoms with Crippen molar-refractivity contribution in [2.45, 2.75) is 13.3 Å². The van der Waals surface area contributed by atoms with E-state index >= 15 is 0 Å². The zero-order valence-corrected chi connectivity index (χ0v) is 16.7. The highest BCUT2D eigenvalue weighted by Crippen LogP contribution is 2.24. The molecule has 1 rings (SSSR count). The standard InChI is InChI=1S/C16H27N3O3.HI/c1-5-17-16(19-10-11-20-2)18-9-8-13-6-7-14(21-3)12-15(13)22-4;/h6-7,12H,5,8-11H2,1-4H3,(H2,17,18,19);1H. The minimum Gasteiger partial charge on any atom is -0.497 e. The largest absolute Gasteiger partial charge is 0.497 e. The van der Waals surface area contributed by atoms with Crippen molar-refractivity contribution in [1.82, 2.24) is 10.6 Å². The van der Waals surface area contributed by atoms with E-state index in [1.165, 1.54) is 0 Å². The van der Waals surface area contributed by atoms with Crippen LogP contribution in [0.5, 0.6) is 11.5 Å². The van der Waals surface area contributed by atoms with Crippen LogP contribution in [0.4, 0.5) is 0 Å². The van der Waals surface area contributed by atoms with Crippen LogP contribution in [0.15, 0.2) is 23.2 Å². The van der Waals surface area contributed by atoms with Crippen molar-refractivity contribution in [2.24, 2.45) is 4.99 Å². The molecule has 1 aromatic carbocycles. The molecule has 0 bridgehead atoms. The SMILES string of the molecule is CCNC(=NCCOC)NCCc1ccc(OC)cc1OC.I. The Balaban J connectivity index is 0.00000484. The number of hydrogen-bond acceptors (Lipinski definition) is 4. The highest BCUT2D eigenvalue weighted by Gasteiger charge is 2.05. The maximum Gasteiger partial charge on any atom is 0.191 e. The molecule has 0 aromatic heterocycles. The van der Waals surface area contributed by atoms with Gasteiger partial charge >= 0.3 is 0 Å². The van der Waals surface area contributed by atoms with Gasteiger partial charge in [-0.2, -0.15) is 0 Å². The summed E-state index contributed by atoms with van der Waals surface area (Å²) in [7, 11) is 4.99. The summed E-state index contributed by atoms with van der Waals surface area (Å²) in [6.07, 6.45) is 0.835. The summed E-state index contributed by atoms with van der Waals surface area (Å²) < 4.78 is 15.6. The van der Waals surface area contributed by atoms with E-state index in [4.69, 9.17) is 14.2 Å². The molecule has 0 unspecified atom stereocenters. The van der Waals surface area contributed by atoms with Gasteiger partial charge in [-0.1, -0.05) is 6.07 Å². The molecule has 0 aliphatic heterocycles. The van der Waals surface area contributed by atoms with Crippen LogP contribution < -0.4 is 20.1 Å². The molecule has 0 fully saturated rings. The molecule has 7 heteroatoms. The fourth-order valence-corrected chi connectivity index (χ4v) is 1.96. The number of benzene rings is 1. The average molecular weight is 437 g/mol. The molecule has 0 saturated carbocycles. The fraction of sp³-hybridized carbons (Fsp3) is 0.562. The van der Waals surface area contributed by atoms with Crippen molar-refractivity contribution in [1.29, 1.82) is 0 Å². The number of hydrogen-bond donors (Lipinski definition) is 2. The molecule has 0 aliphatic carbocycles. The Kier molecular flexibility index (Phi) is 12.5. The predicted octanol–water partition coefficient (Wildman–Crippen LogP) is 2.07. The molecule has 0 amide bonds. The molecular formula is C16H28IN3O3. The molecule has 132 valence electrons. The lowest BCUT2D eigenvalue weighted by Gasteiger charge is -2.13. The molecular weight excluding hydrogens is 409 g/mol. The fourth-order valence-electron chi connectivity index (χ4n) is 1.96. The minimum absolute atomic E-state index is 0. The number of rotatable bonds is 9. The minimum atomic E-state index is 0. The zero-order valence-electron chi connectivity index (χ0n) is 14.3. The molecule has 2 N–H and O–H groups in total. The van der Waals surface area contributed by atoms with Crippen LogP contribution >= 0.6 is 24.0 Å². The van der Waals surface area contributed by atoms with E-state index in [0.717, 1.165) is 42.5 Å². The molecule has 0 aliphatic rings. The summed E-state index contributed by atoms with van der Waals surface area (Å²) in [4.78, 5) is 4.42. The van der Waals surface area contributed by atoms with Gasteiger partial charge < -0.3 is 24.8 Å². The molecule has 0 atom stereocenters. The third-order valence-corrected chi connectivity index (χ3v) is 3.09. The van der Waals surface area contributed by atoms with E-state index in [1.54, 1.807) is 21.3 Å². The van der Waals surface area contributed by atoms with Crippen LogP contribution in [-0.2, 0) is 11.2 Å². The van der Waals surface area contributed by atoms with Gasteiger partial charge in [0.25, 0.3) is 0 Å². The number of halogens is 1. The van der Waals surface area contributed by atoms with Gasteiger partial charge in [0.05, 0.1) is 27.4 Å². The number of aliphatic imine (C=N–C) groups is 1. The van der Waals surface area contributed by atoms with E-state index in [0.29, 0.717) is 13.2 Å². The van der Waals surface area contributed by atoms with Gasteiger partial charge in [0, 0.05) is 26.3 Å². The zero-order chi connectivity index (χ0) is 16.2. The summed E-state index contributed by atoms with van der Waals surface area (Å²) >= 11 is 0. The van der Waals surface area contributed by atoms with E-state index < -0.39 is 0 Å². The van der Waals surface area contributed by atoms with Gasteiger partial charge in [0.1, 0.15) is 11.5 Å². The van der Waals surface area contributed by atoms with E-state index in [2.05, 4.69) is 15.6 Å². The molecule has 0 spiro atoms. The van der Waals surface area contributed by atoms with Crippen molar-refractivity contribution < 1.29 is 14.2 Å². The van der Waals surface area contributed by atoms with Gasteiger partial charge in [0.15, 0.2) is 5.96 Å². The smallest absolute Gasteiger partial charge is 0.191 e. The highest BCUT2D eigenvalue weighted by molar-refractivity contribution is 14.0. The summed E-state index contributed by atoms with van der Waals surface area (Å²) in [6.45, 7) is 4.88.